The van der Waals surface area contributed by atoms with Gasteiger partial charge in [-0.15, -0.1) is 12.4 Å². The van der Waals surface area contributed by atoms with Crippen LogP contribution in [0.25, 0.3) is 0 Å². The van der Waals surface area contributed by atoms with Gasteiger partial charge in [-0.2, -0.15) is 0 Å². The lowest BCUT2D eigenvalue weighted by molar-refractivity contribution is 0.0697. The minimum atomic E-state index is -0.950. The molecule has 6 heteroatoms. The van der Waals surface area contributed by atoms with E-state index in [9.17, 15) is 4.79 Å². The van der Waals surface area contributed by atoms with Crippen LogP contribution < -0.4 is 11.1 Å². The van der Waals surface area contributed by atoms with Crippen molar-refractivity contribution in [2.45, 2.75) is 0 Å². The quantitative estimate of drug-likeness (QED) is 0.525. The van der Waals surface area contributed by atoms with E-state index in [2.05, 4.69) is 10.3 Å². The zero-order valence-electron chi connectivity index (χ0n) is 8.10. The molecule has 15 heavy (non-hydrogen) atoms. The Morgan fingerprint density at radius 1 is 1.40 bits per heavy atom. The number of nitrogens with zero attached hydrogens (tertiary/aromatic N) is 1. The van der Waals surface area contributed by atoms with E-state index in [-0.39, 0.29) is 23.9 Å². The standard InChI is InChI=1S/C9H11N3O2.ClH/c1-11-9(10)12-7-4-2-6(3-5-7)8(13)14;/h2-5H,1H3,(H,13,14)(H3,10,11,12);1H. The number of carboxylic acids is 1. The Bertz CT molecular complexity index is 362. The van der Waals surface area contributed by atoms with Crippen molar-refractivity contribution in [1.82, 2.24) is 0 Å². The molecule has 0 aliphatic heterocycles. The largest absolute Gasteiger partial charge is 0.478 e. The second-order valence-corrected chi connectivity index (χ2v) is 2.62. The van der Waals surface area contributed by atoms with E-state index in [0.717, 1.165) is 0 Å². The second-order valence-electron chi connectivity index (χ2n) is 2.62. The van der Waals surface area contributed by atoms with Gasteiger partial charge in [-0.05, 0) is 24.3 Å². The second kappa shape index (κ2) is 5.87. The summed E-state index contributed by atoms with van der Waals surface area (Å²) in [7, 11) is 1.56. The van der Waals surface area contributed by atoms with Gasteiger partial charge in [-0.1, -0.05) is 0 Å². The highest BCUT2D eigenvalue weighted by Gasteiger charge is 2.01. The van der Waals surface area contributed by atoms with Gasteiger partial charge in [0.25, 0.3) is 0 Å². The van der Waals surface area contributed by atoms with Crippen molar-refractivity contribution in [3.8, 4) is 0 Å². The molecule has 0 aliphatic carbocycles. The van der Waals surface area contributed by atoms with Gasteiger partial charge in [0.15, 0.2) is 5.96 Å². The third-order valence-electron chi connectivity index (χ3n) is 1.65. The van der Waals surface area contributed by atoms with Gasteiger partial charge in [0.05, 0.1) is 5.56 Å². The number of aliphatic imine (C=N–C) groups is 1. The fraction of sp³-hybridized carbons (Fsp3) is 0.111. The Labute approximate surface area is 93.4 Å². The first-order chi connectivity index (χ1) is 6.63. The lowest BCUT2D eigenvalue weighted by Crippen LogP contribution is -2.21. The maximum absolute atomic E-state index is 10.5. The number of anilines is 1. The van der Waals surface area contributed by atoms with E-state index >= 15 is 0 Å². The van der Waals surface area contributed by atoms with Gasteiger partial charge in [0.2, 0.25) is 0 Å². The van der Waals surface area contributed by atoms with Crippen molar-refractivity contribution < 1.29 is 9.90 Å². The summed E-state index contributed by atoms with van der Waals surface area (Å²) in [5, 5.41) is 11.4. The van der Waals surface area contributed by atoms with Crippen LogP contribution in [0.4, 0.5) is 5.69 Å². The van der Waals surface area contributed by atoms with Crippen molar-refractivity contribution in [2.24, 2.45) is 10.7 Å². The predicted octanol–water partition coefficient (Wildman–Crippen LogP) is 1.16. The van der Waals surface area contributed by atoms with E-state index in [1.54, 1.807) is 19.2 Å². The summed E-state index contributed by atoms with van der Waals surface area (Å²) in [6.45, 7) is 0. The third-order valence-corrected chi connectivity index (χ3v) is 1.65. The molecule has 0 spiro atoms. The predicted molar refractivity (Wildman–Crippen MR) is 61.8 cm³/mol. The van der Waals surface area contributed by atoms with Gasteiger partial charge < -0.3 is 16.2 Å². The lowest BCUT2D eigenvalue weighted by atomic mass is 10.2. The Morgan fingerprint density at radius 2 is 1.93 bits per heavy atom. The molecule has 1 aromatic carbocycles. The molecule has 0 heterocycles. The first-order valence-electron chi connectivity index (χ1n) is 3.96. The summed E-state index contributed by atoms with van der Waals surface area (Å²) >= 11 is 0. The molecule has 0 fully saturated rings. The molecule has 0 saturated heterocycles. The summed E-state index contributed by atoms with van der Waals surface area (Å²) < 4.78 is 0. The van der Waals surface area contributed by atoms with Crippen molar-refractivity contribution in [1.29, 1.82) is 0 Å². The Balaban J connectivity index is 0.00000196. The van der Waals surface area contributed by atoms with Crippen LogP contribution in [0.15, 0.2) is 29.3 Å². The maximum atomic E-state index is 10.5. The summed E-state index contributed by atoms with van der Waals surface area (Å²) in [6.07, 6.45) is 0. The van der Waals surface area contributed by atoms with Crippen LogP contribution in [0.3, 0.4) is 0 Å². The molecule has 0 amide bonds. The molecule has 82 valence electrons. The van der Waals surface area contributed by atoms with Crippen LogP contribution in [-0.4, -0.2) is 24.1 Å². The van der Waals surface area contributed by atoms with Crippen LogP contribution in [0, 0.1) is 0 Å². The molecule has 0 aliphatic rings. The number of rotatable bonds is 2. The minimum Gasteiger partial charge on any atom is -0.478 e. The van der Waals surface area contributed by atoms with Crippen molar-refractivity contribution in [3.05, 3.63) is 29.8 Å². The lowest BCUT2D eigenvalue weighted by Gasteiger charge is -2.04. The number of carbonyl (C=O) groups is 1. The van der Waals surface area contributed by atoms with Crippen LogP contribution in [0.5, 0.6) is 0 Å². The van der Waals surface area contributed by atoms with Crippen LogP contribution in [-0.2, 0) is 0 Å². The van der Waals surface area contributed by atoms with Crippen molar-refractivity contribution in [3.63, 3.8) is 0 Å². The zero-order valence-corrected chi connectivity index (χ0v) is 8.91. The molecular formula is C9H12ClN3O2. The van der Waals surface area contributed by atoms with Crippen LogP contribution in [0.1, 0.15) is 10.4 Å². The van der Waals surface area contributed by atoms with E-state index in [1.807, 2.05) is 0 Å². The summed E-state index contributed by atoms with van der Waals surface area (Å²) in [5.41, 5.74) is 6.37. The number of hydrogen-bond donors (Lipinski definition) is 3. The Hall–Kier alpha value is -1.75. The third kappa shape index (κ3) is 3.86. The highest BCUT2D eigenvalue weighted by atomic mass is 35.5. The number of guanidine groups is 1. The van der Waals surface area contributed by atoms with Gasteiger partial charge in [-0.25, -0.2) is 4.79 Å². The molecule has 0 radical (unpaired) electrons. The summed E-state index contributed by atoms with van der Waals surface area (Å²) in [6, 6.07) is 6.24. The number of nitrogens with one attached hydrogen (secondary N) is 1. The minimum absolute atomic E-state index is 0. The fourth-order valence-electron chi connectivity index (χ4n) is 0.900. The molecule has 0 saturated carbocycles. The van der Waals surface area contributed by atoms with Gasteiger partial charge >= 0.3 is 5.97 Å². The highest BCUT2D eigenvalue weighted by molar-refractivity contribution is 5.93. The average Bonchev–Trinajstić information content (AvgIpc) is 2.18. The Kier molecular flexibility index (Phi) is 5.19. The molecule has 4 N–H and O–H groups in total. The average molecular weight is 230 g/mol. The SMILES string of the molecule is CN=C(N)Nc1ccc(C(=O)O)cc1.Cl. The van der Waals surface area contributed by atoms with Gasteiger partial charge in [0, 0.05) is 12.7 Å². The monoisotopic (exact) mass is 229 g/mol. The topological polar surface area (TPSA) is 87.7 Å². The summed E-state index contributed by atoms with van der Waals surface area (Å²) in [5.74, 6) is -0.665. The molecule has 0 atom stereocenters. The molecule has 0 unspecified atom stereocenters. The molecule has 1 rings (SSSR count). The van der Waals surface area contributed by atoms with Gasteiger partial charge in [-0.3, -0.25) is 4.99 Å². The maximum Gasteiger partial charge on any atom is 0.335 e. The van der Waals surface area contributed by atoms with E-state index in [1.165, 1.54) is 12.1 Å². The molecule has 0 aromatic heterocycles. The normalized spacial score (nSPS) is 10.3. The number of carboxylic acid groups (broad SMARTS) is 1. The first-order valence-corrected chi connectivity index (χ1v) is 3.96. The smallest absolute Gasteiger partial charge is 0.335 e. The highest BCUT2D eigenvalue weighted by Crippen LogP contribution is 2.08. The molecule has 0 bridgehead atoms. The van der Waals surface area contributed by atoms with Crippen LogP contribution >= 0.6 is 12.4 Å². The van der Waals surface area contributed by atoms with E-state index in [4.69, 9.17) is 10.8 Å². The van der Waals surface area contributed by atoms with E-state index in [0.29, 0.717) is 5.69 Å². The van der Waals surface area contributed by atoms with Gasteiger partial charge in [0.1, 0.15) is 0 Å². The van der Waals surface area contributed by atoms with Crippen molar-refractivity contribution in [2.75, 3.05) is 12.4 Å². The van der Waals surface area contributed by atoms with Crippen molar-refractivity contribution >= 4 is 30.0 Å². The zero-order chi connectivity index (χ0) is 10.6. The molecule has 1 aromatic rings. The number of hydrogen-bond acceptors (Lipinski definition) is 2. The number of nitrogens with two attached hydrogens (primary N) is 1. The molecule has 5 nitrogen and oxygen atoms in total. The Morgan fingerprint density at radius 3 is 2.33 bits per heavy atom. The fourth-order valence-corrected chi connectivity index (χ4v) is 0.900. The molecular weight excluding hydrogens is 218 g/mol. The van der Waals surface area contributed by atoms with Crippen LogP contribution in [0.2, 0.25) is 0 Å². The first kappa shape index (κ1) is 13.2. The number of aromatic carboxylic acids is 1. The number of halogens is 1. The number of benzene rings is 1. The van der Waals surface area contributed by atoms with E-state index < -0.39 is 5.97 Å². The summed E-state index contributed by atoms with van der Waals surface area (Å²) in [4.78, 5) is 14.2.